The molecule has 0 saturated carbocycles. The average molecular weight is 402 g/mol. The number of ether oxygens (including phenoxy) is 1. The number of halogens is 2. The van der Waals surface area contributed by atoms with E-state index in [1.165, 1.54) is 16.4 Å². The van der Waals surface area contributed by atoms with Gasteiger partial charge in [0.15, 0.2) is 0 Å². The predicted octanol–water partition coefficient (Wildman–Crippen LogP) is 3.81. The van der Waals surface area contributed by atoms with Gasteiger partial charge in [-0.05, 0) is 51.8 Å². The fraction of sp³-hybridized carbons (Fsp3) is 0.250. The first-order valence-electron chi connectivity index (χ1n) is 6.96. The first-order chi connectivity index (χ1) is 10.9. The lowest BCUT2D eigenvalue weighted by Crippen LogP contribution is -2.30. The smallest absolute Gasteiger partial charge is 0.243 e. The van der Waals surface area contributed by atoms with Crippen molar-refractivity contribution in [2.75, 3.05) is 13.7 Å². The topological polar surface area (TPSA) is 46.6 Å². The number of benzene rings is 2. The van der Waals surface area contributed by atoms with Gasteiger partial charge in [-0.15, -0.1) is 0 Å². The Labute approximate surface area is 144 Å². The lowest BCUT2D eigenvalue weighted by molar-refractivity contribution is 0.412. The van der Waals surface area contributed by atoms with Gasteiger partial charge in [-0.1, -0.05) is 19.1 Å². The molecule has 0 amide bonds. The third-order valence-corrected chi connectivity index (χ3v) is 5.92. The normalized spacial score (nSPS) is 11.7. The summed E-state index contributed by atoms with van der Waals surface area (Å²) in [5, 5.41) is 0. The molecule has 0 spiro atoms. The molecule has 23 heavy (non-hydrogen) atoms. The van der Waals surface area contributed by atoms with Gasteiger partial charge in [0.25, 0.3) is 0 Å². The third kappa shape index (κ3) is 4.10. The Kier molecular flexibility index (Phi) is 5.78. The second-order valence-corrected chi connectivity index (χ2v) is 7.65. The summed E-state index contributed by atoms with van der Waals surface area (Å²) >= 11 is 3.02. The number of hydrogen-bond donors (Lipinski definition) is 0. The Morgan fingerprint density at radius 1 is 1.17 bits per heavy atom. The summed E-state index contributed by atoms with van der Waals surface area (Å²) in [6.45, 7) is 2.31. The van der Waals surface area contributed by atoms with E-state index in [0.29, 0.717) is 12.3 Å². The van der Waals surface area contributed by atoms with Gasteiger partial charge in [-0.25, -0.2) is 12.8 Å². The molecule has 7 heteroatoms. The predicted molar refractivity (Wildman–Crippen MR) is 90.4 cm³/mol. The maximum absolute atomic E-state index is 13.3. The van der Waals surface area contributed by atoms with E-state index in [1.807, 2.05) is 12.1 Å². The largest absolute Gasteiger partial charge is 0.497 e. The molecule has 0 aliphatic carbocycles. The van der Waals surface area contributed by atoms with Gasteiger partial charge in [-0.2, -0.15) is 4.31 Å². The van der Waals surface area contributed by atoms with E-state index in [1.54, 1.807) is 26.2 Å². The van der Waals surface area contributed by atoms with Crippen LogP contribution >= 0.6 is 15.9 Å². The van der Waals surface area contributed by atoms with Crippen molar-refractivity contribution in [3.05, 3.63) is 58.3 Å². The van der Waals surface area contributed by atoms with E-state index in [9.17, 15) is 12.8 Å². The van der Waals surface area contributed by atoms with Crippen LogP contribution in [0.3, 0.4) is 0 Å². The van der Waals surface area contributed by atoms with Crippen LogP contribution in [0.4, 0.5) is 4.39 Å². The summed E-state index contributed by atoms with van der Waals surface area (Å²) in [5.74, 6) is 0.212. The molecule has 0 aliphatic rings. The number of hydrogen-bond acceptors (Lipinski definition) is 3. The van der Waals surface area contributed by atoms with Crippen LogP contribution in [0.5, 0.6) is 5.75 Å². The van der Waals surface area contributed by atoms with Gasteiger partial charge < -0.3 is 4.74 Å². The summed E-state index contributed by atoms with van der Waals surface area (Å²) in [5.41, 5.74) is 0.845. The number of rotatable bonds is 6. The van der Waals surface area contributed by atoms with Crippen molar-refractivity contribution in [2.45, 2.75) is 18.4 Å². The van der Waals surface area contributed by atoms with Gasteiger partial charge in [0.2, 0.25) is 10.0 Å². The highest BCUT2D eigenvalue weighted by atomic mass is 79.9. The summed E-state index contributed by atoms with van der Waals surface area (Å²) < 4.78 is 45.3. The third-order valence-electron chi connectivity index (χ3n) is 3.40. The maximum Gasteiger partial charge on any atom is 0.243 e. The Hall–Kier alpha value is -1.44. The van der Waals surface area contributed by atoms with Gasteiger partial charge in [0, 0.05) is 13.1 Å². The van der Waals surface area contributed by atoms with E-state index in [4.69, 9.17) is 4.74 Å². The van der Waals surface area contributed by atoms with E-state index in [0.717, 1.165) is 11.6 Å². The van der Waals surface area contributed by atoms with E-state index >= 15 is 0 Å². The zero-order valence-corrected chi connectivity index (χ0v) is 15.2. The monoisotopic (exact) mass is 401 g/mol. The molecule has 0 unspecified atom stereocenters. The van der Waals surface area contributed by atoms with Gasteiger partial charge in [-0.3, -0.25) is 0 Å². The quantitative estimate of drug-likeness (QED) is 0.739. The summed E-state index contributed by atoms with van der Waals surface area (Å²) in [6, 6.07) is 10.9. The van der Waals surface area contributed by atoms with Crippen LogP contribution in [-0.4, -0.2) is 26.4 Å². The Morgan fingerprint density at radius 2 is 1.83 bits per heavy atom. The van der Waals surface area contributed by atoms with Crippen LogP contribution < -0.4 is 4.74 Å². The summed E-state index contributed by atoms with van der Waals surface area (Å²) in [6.07, 6.45) is 0. The molecule has 0 bridgehead atoms. The number of methoxy groups -OCH3 is 1. The van der Waals surface area contributed by atoms with Crippen molar-refractivity contribution in [1.82, 2.24) is 4.31 Å². The molecule has 0 aliphatic heterocycles. The Morgan fingerprint density at radius 3 is 2.35 bits per heavy atom. The van der Waals surface area contributed by atoms with E-state index < -0.39 is 15.8 Å². The molecular weight excluding hydrogens is 385 g/mol. The second kappa shape index (κ2) is 7.42. The van der Waals surface area contributed by atoms with Crippen LogP contribution in [-0.2, 0) is 16.6 Å². The molecule has 2 aromatic rings. The minimum atomic E-state index is -3.70. The van der Waals surface area contributed by atoms with Crippen molar-refractivity contribution < 1.29 is 17.5 Å². The molecule has 0 aromatic heterocycles. The van der Waals surface area contributed by atoms with Crippen LogP contribution in [0.2, 0.25) is 0 Å². The van der Waals surface area contributed by atoms with Crippen molar-refractivity contribution in [3.8, 4) is 5.75 Å². The van der Waals surface area contributed by atoms with E-state index in [2.05, 4.69) is 15.9 Å². The fourth-order valence-corrected chi connectivity index (χ4v) is 4.08. The minimum Gasteiger partial charge on any atom is -0.497 e. The van der Waals surface area contributed by atoms with Gasteiger partial charge in [0.05, 0.1) is 16.5 Å². The van der Waals surface area contributed by atoms with Crippen molar-refractivity contribution in [1.29, 1.82) is 0 Å². The first kappa shape index (κ1) is 17.9. The van der Waals surface area contributed by atoms with Gasteiger partial charge in [0.1, 0.15) is 11.6 Å². The molecule has 4 nitrogen and oxygen atoms in total. The molecule has 0 saturated heterocycles. The highest BCUT2D eigenvalue weighted by molar-refractivity contribution is 9.10. The maximum atomic E-state index is 13.3. The molecule has 2 aromatic carbocycles. The molecule has 0 heterocycles. The van der Waals surface area contributed by atoms with Crippen molar-refractivity contribution in [2.24, 2.45) is 0 Å². The number of nitrogens with zero attached hydrogens (tertiary/aromatic N) is 1. The highest BCUT2D eigenvalue weighted by Gasteiger charge is 2.24. The lowest BCUT2D eigenvalue weighted by atomic mass is 10.2. The van der Waals surface area contributed by atoms with Crippen LogP contribution in [0.25, 0.3) is 0 Å². The standard InChI is InChI=1S/C16H17BrFNO3S/c1-3-19(11-12-4-6-13(22-2)7-5-12)23(20,21)14-8-9-16(18)15(17)10-14/h4-10H,3,11H2,1-2H3. The summed E-state index contributed by atoms with van der Waals surface area (Å²) in [7, 11) is -2.13. The molecule has 2 rings (SSSR count). The lowest BCUT2D eigenvalue weighted by Gasteiger charge is -2.21. The molecule has 0 atom stereocenters. The average Bonchev–Trinajstić information content (AvgIpc) is 2.55. The molecular formula is C16H17BrFNO3S. The molecule has 0 fully saturated rings. The first-order valence-corrected chi connectivity index (χ1v) is 9.20. The van der Waals surface area contributed by atoms with Crippen molar-refractivity contribution in [3.63, 3.8) is 0 Å². The second-order valence-electron chi connectivity index (χ2n) is 4.86. The fourth-order valence-electron chi connectivity index (χ4n) is 2.09. The van der Waals surface area contributed by atoms with Crippen molar-refractivity contribution >= 4 is 26.0 Å². The zero-order chi connectivity index (χ0) is 17.0. The minimum absolute atomic E-state index is 0.0566. The highest BCUT2D eigenvalue weighted by Crippen LogP contribution is 2.24. The van der Waals surface area contributed by atoms with Gasteiger partial charge >= 0.3 is 0 Å². The van der Waals surface area contributed by atoms with E-state index in [-0.39, 0.29) is 15.9 Å². The Balaban J connectivity index is 2.28. The summed E-state index contributed by atoms with van der Waals surface area (Å²) in [4.78, 5) is 0.0566. The molecule has 0 radical (unpaired) electrons. The molecule has 124 valence electrons. The number of sulfonamides is 1. The SMILES string of the molecule is CCN(Cc1ccc(OC)cc1)S(=O)(=O)c1ccc(F)c(Br)c1. The zero-order valence-electron chi connectivity index (χ0n) is 12.8. The molecule has 0 N–H and O–H groups in total. The Bertz CT molecular complexity index is 778. The van der Waals surface area contributed by atoms with Crippen LogP contribution in [0.15, 0.2) is 51.8 Å². The van der Waals surface area contributed by atoms with Crippen LogP contribution in [0.1, 0.15) is 12.5 Å². The van der Waals surface area contributed by atoms with Crippen LogP contribution in [0, 0.1) is 5.82 Å².